The van der Waals surface area contributed by atoms with Crippen LogP contribution in [0.2, 0.25) is 0 Å². The van der Waals surface area contributed by atoms with Gasteiger partial charge in [-0.25, -0.2) is 4.79 Å². The average molecular weight is 220 g/mol. The molecule has 1 N–H and O–H groups in total. The Labute approximate surface area is 92.1 Å². The molecule has 0 fully saturated rings. The quantitative estimate of drug-likeness (QED) is 0.825. The van der Waals surface area contributed by atoms with Crippen molar-refractivity contribution in [2.24, 2.45) is 7.05 Å². The summed E-state index contributed by atoms with van der Waals surface area (Å²) in [5.41, 5.74) is 1.84. The summed E-state index contributed by atoms with van der Waals surface area (Å²) in [6.07, 6.45) is 3.04. The minimum Gasteiger partial charge on any atom is -0.478 e. The Kier molecular flexibility index (Phi) is 2.47. The Balaban J connectivity index is 2.38. The second-order valence-corrected chi connectivity index (χ2v) is 3.56. The van der Waals surface area contributed by atoms with E-state index in [1.165, 1.54) is 6.20 Å². The predicted octanol–water partition coefficient (Wildman–Crippen LogP) is 0.672. The molecule has 6 heteroatoms. The third-order valence-corrected chi connectivity index (χ3v) is 2.52. The van der Waals surface area contributed by atoms with Crippen LogP contribution in [0, 0.1) is 6.92 Å². The van der Waals surface area contributed by atoms with E-state index in [2.05, 4.69) is 10.2 Å². The highest BCUT2D eigenvalue weighted by Crippen LogP contribution is 2.10. The summed E-state index contributed by atoms with van der Waals surface area (Å²) in [5.74, 6) is -0.965. The molecule has 0 amide bonds. The number of carboxylic acids is 1. The molecule has 6 nitrogen and oxygen atoms in total. The molecule has 84 valence electrons. The number of aromatic carboxylic acids is 1. The molecule has 0 unspecified atom stereocenters. The first-order chi connectivity index (χ1) is 7.59. The molecule has 0 radical (unpaired) electrons. The first-order valence-electron chi connectivity index (χ1n) is 4.82. The molecule has 0 aromatic carbocycles. The highest BCUT2D eigenvalue weighted by atomic mass is 16.4. The highest BCUT2D eigenvalue weighted by Gasteiger charge is 2.15. The number of nitrogens with zero attached hydrogens (tertiary/aromatic N) is 4. The van der Waals surface area contributed by atoms with Gasteiger partial charge in [-0.05, 0) is 13.0 Å². The molecule has 2 rings (SSSR count). The van der Waals surface area contributed by atoms with Crippen molar-refractivity contribution in [3.63, 3.8) is 0 Å². The lowest BCUT2D eigenvalue weighted by Gasteiger charge is -2.06. The van der Waals surface area contributed by atoms with Crippen LogP contribution in [0.25, 0.3) is 0 Å². The van der Waals surface area contributed by atoms with E-state index in [0.29, 0.717) is 12.2 Å². The lowest BCUT2D eigenvalue weighted by molar-refractivity contribution is 0.0695. The van der Waals surface area contributed by atoms with Crippen molar-refractivity contribution in [3.8, 4) is 0 Å². The van der Waals surface area contributed by atoms with E-state index in [4.69, 9.17) is 5.11 Å². The number of aryl methyl sites for hydroxylation is 2. The molecule has 16 heavy (non-hydrogen) atoms. The Bertz CT molecular complexity index is 527. The summed E-state index contributed by atoms with van der Waals surface area (Å²) >= 11 is 0. The van der Waals surface area contributed by atoms with Gasteiger partial charge in [0.2, 0.25) is 0 Å². The molecule has 2 heterocycles. The number of hydrogen-bond donors (Lipinski definition) is 1. The van der Waals surface area contributed by atoms with Crippen molar-refractivity contribution < 1.29 is 9.90 Å². The fourth-order valence-corrected chi connectivity index (χ4v) is 1.54. The second-order valence-electron chi connectivity index (χ2n) is 3.56. The minimum atomic E-state index is -0.965. The van der Waals surface area contributed by atoms with Crippen LogP contribution < -0.4 is 0 Å². The zero-order valence-corrected chi connectivity index (χ0v) is 9.08. The van der Waals surface area contributed by atoms with E-state index in [9.17, 15) is 4.79 Å². The van der Waals surface area contributed by atoms with Gasteiger partial charge < -0.3 is 5.11 Å². The minimum absolute atomic E-state index is 0.220. The van der Waals surface area contributed by atoms with Gasteiger partial charge in [0.25, 0.3) is 0 Å². The van der Waals surface area contributed by atoms with E-state index in [0.717, 1.165) is 5.69 Å². The van der Waals surface area contributed by atoms with Crippen LogP contribution in [-0.2, 0) is 13.6 Å². The average Bonchev–Trinajstić information content (AvgIpc) is 2.76. The maximum atomic E-state index is 11.0. The third kappa shape index (κ3) is 1.69. The molecule has 0 spiro atoms. The molecular weight excluding hydrogens is 208 g/mol. The lowest BCUT2D eigenvalue weighted by Crippen LogP contribution is -2.11. The van der Waals surface area contributed by atoms with Crippen LogP contribution in [0.1, 0.15) is 21.7 Å². The van der Waals surface area contributed by atoms with E-state index in [1.54, 1.807) is 22.6 Å². The van der Waals surface area contributed by atoms with E-state index in [1.807, 2.05) is 13.0 Å². The first-order valence-corrected chi connectivity index (χ1v) is 4.82. The van der Waals surface area contributed by atoms with Crippen molar-refractivity contribution in [1.29, 1.82) is 0 Å². The summed E-state index contributed by atoms with van der Waals surface area (Å²) < 4.78 is 3.30. The summed E-state index contributed by atoms with van der Waals surface area (Å²) in [7, 11) is 1.72. The topological polar surface area (TPSA) is 72.9 Å². The molecule has 0 saturated carbocycles. The Hall–Kier alpha value is -2.11. The number of rotatable bonds is 3. The van der Waals surface area contributed by atoms with Gasteiger partial charge in [0.15, 0.2) is 0 Å². The van der Waals surface area contributed by atoms with Crippen LogP contribution in [0.5, 0.6) is 0 Å². The third-order valence-electron chi connectivity index (χ3n) is 2.52. The van der Waals surface area contributed by atoms with Crippen LogP contribution >= 0.6 is 0 Å². The van der Waals surface area contributed by atoms with Gasteiger partial charge in [0.1, 0.15) is 5.56 Å². The van der Waals surface area contributed by atoms with Gasteiger partial charge in [-0.1, -0.05) is 0 Å². The van der Waals surface area contributed by atoms with Crippen molar-refractivity contribution in [1.82, 2.24) is 19.6 Å². The fraction of sp³-hybridized carbons (Fsp3) is 0.300. The standard InChI is InChI=1S/C10H12N4O2/c1-7-3-4-11-14(7)6-9-8(10(15)16)5-12-13(9)2/h3-5H,6H2,1-2H3,(H,15,16). The van der Waals surface area contributed by atoms with Gasteiger partial charge in [0.05, 0.1) is 18.4 Å². The molecule has 0 aliphatic heterocycles. The van der Waals surface area contributed by atoms with Crippen LogP contribution in [0.4, 0.5) is 0 Å². The normalized spacial score (nSPS) is 10.6. The summed E-state index contributed by atoms with van der Waals surface area (Å²) in [6.45, 7) is 2.33. The zero-order chi connectivity index (χ0) is 11.7. The summed E-state index contributed by atoms with van der Waals surface area (Å²) in [4.78, 5) is 11.0. The SMILES string of the molecule is Cc1ccnn1Cc1c(C(=O)O)cnn1C. The Morgan fingerprint density at radius 1 is 1.50 bits per heavy atom. The van der Waals surface area contributed by atoms with Gasteiger partial charge in [-0.15, -0.1) is 0 Å². The van der Waals surface area contributed by atoms with Crippen LogP contribution in [0.15, 0.2) is 18.5 Å². The smallest absolute Gasteiger partial charge is 0.339 e. The molecular formula is C10H12N4O2. The van der Waals surface area contributed by atoms with Gasteiger partial charge in [-0.3, -0.25) is 9.36 Å². The number of hydrogen-bond acceptors (Lipinski definition) is 3. The molecule has 0 atom stereocenters. The molecule has 2 aromatic rings. The molecule has 2 aromatic heterocycles. The highest BCUT2D eigenvalue weighted by molar-refractivity contribution is 5.88. The van der Waals surface area contributed by atoms with E-state index in [-0.39, 0.29) is 5.56 Å². The largest absolute Gasteiger partial charge is 0.478 e. The zero-order valence-electron chi connectivity index (χ0n) is 9.08. The van der Waals surface area contributed by atoms with E-state index < -0.39 is 5.97 Å². The van der Waals surface area contributed by atoms with Crippen molar-refractivity contribution in [3.05, 3.63) is 35.4 Å². The number of aromatic nitrogens is 4. The Morgan fingerprint density at radius 2 is 2.25 bits per heavy atom. The maximum absolute atomic E-state index is 11.0. The summed E-state index contributed by atoms with van der Waals surface area (Å²) in [6, 6.07) is 1.87. The van der Waals surface area contributed by atoms with Crippen molar-refractivity contribution in [2.45, 2.75) is 13.5 Å². The van der Waals surface area contributed by atoms with Crippen LogP contribution in [0.3, 0.4) is 0 Å². The molecule has 0 aliphatic carbocycles. The summed E-state index contributed by atoms with van der Waals surface area (Å²) in [5, 5.41) is 17.1. The number of carbonyl (C=O) groups is 1. The lowest BCUT2D eigenvalue weighted by atomic mass is 10.2. The predicted molar refractivity (Wildman–Crippen MR) is 56.2 cm³/mol. The molecule has 0 aliphatic rings. The fourth-order valence-electron chi connectivity index (χ4n) is 1.54. The van der Waals surface area contributed by atoms with Gasteiger partial charge >= 0.3 is 5.97 Å². The van der Waals surface area contributed by atoms with E-state index >= 15 is 0 Å². The van der Waals surface area contributed by atoms with Crippen LogP contribution in [-0.4, -0.2) is 30.6 Å². The van der Waals surface area contributed by atoms with Crippen molar-refractivity contribution in [2.75, 3.05) is 0 Å². The van der Waals surface area contributed by atoms with Gasteiger partial charge in [0, 0.05) is 18.9 Å². The maximum Gasteiger partial charge on any atom is 0.339 e. The number of carboxylic acid groups (broad SMARTS) is 1. The second kappa shape index (κ2) is 3.80. The van der Waals surface area contributed by atoms with Crippen molar-refractivity contribution >= 4 is 5.97 Å². The Morgan fingerprint density at radius 3 is 2.81 bits per heavy atom. The molecule has 0 saturated heterocycles. The first kappa shape index (κ1) is 10.4. The van der Waals surface area contributed by atoms with Gasteiger partial charge in [-0.2, -0.15) is 10.2 Å². The monoisotopic (exact) mass is 220 g/mol. The molecule has 0 bridgehead atoms.